The van der Waals surface area contributed by atoms with Crippen LogP contribution in [0.25, 0.3) is 0 Å². The van der Waals surface area contributed by atoms with E-state index >= 15 is 0 Å². The molecule has 1 fully saturated rings. The van der Waals surface area contributed by atoms with E-state index in [2.05, 4.69) is 42.2 Å². The van der Waals surface area contributed by atoms with Crippen molar-refractivity contribution >= 4 is 5.97 Å². The van der Waals surface area contributed by atoms with Crippen molar-refractivity contribution in [3.63, 3.8) is 0 Å². The Labute approximate surface area is 134 Å². The molecule has 0 amide bonds. The van der Waals surface area contributed by atoms with Gasteiger partial charge in [-0.05, 0) is 50.3 Å². The second-order valence-corrected chi connectivity index (χ2v) is 6.50. The summed E-state index contributed by atoms with van der Waals surface area (Å²) in [5.41, 5.74) is 1.39. The first-order valence-corrected chi connectivity index (χ1v) is 8.69. The van der Waals surface area contributed by atoms with Crippen molar-refractivity contribution in [2.75, 3.05) is 19.6 Å². The first-order valence-electron chi connectivity index (χ1n) is 8.69. The maximum Gasteiger partial charge on any atom is 0.306 e. The highest BCUT2D eigenvalue weighted by molar-refractivity contribution is 5.70. The van der Waals surface area contributed by atoms with Gasteiger partial charge in [-0.1, -0.05) is 50.1 Å². The molecule has 1 N–H and O–H groups in total. The Bertz CT molecular complexity index is 438. The minimum Gasteiger partial charge on any atom is -0.481 e. The fraction of sp³-hybridized carbons (Fsp3) is 0.632. The molecule has 1 aliphatic rings. The van der Waals surface area contributed by atoms with Crippen molar-refractivity contribution in [2.45, 2.75) is 45.4 Å². The van der Waals surface area contributed by atoms with Crippen LogP contribution in [0.4, 0.5) is 0 Å². The lowest BCUT2D eigenvalue weighted by atomic mass is 9.81. The van der Waals surface area contributed by atoms with Gasteiger partial charge in [-0.15, -0.1) is 0 Å². The summed E-state index contributed by atoms with van der Waals surface area (Å²) in [7, 11) is 0. The fourth-order valence-corrected chi connectivity index (χ4v) is 3.50. The number of hydrogen-bond acceptors (Lipinski definition) is 2. The molecular weight excluding hydrogens is 274 g/mol. The van der Waals surface area contributed by atoms with Crippen LogP contribution in [0, 0.1) is 11.8 Å². The zero-order valence-electron chi connectivity index (χ0n) is 13.7. The summed E-state index contributed by atoms with van der Waals surface area (Å²) in [6, 6.07) is 10.6. The molecule has 3 nitrogen and oxygen atoms in total. The molecule has 0 radical (unpaired) electrons. The van der Waals surface area contributed by atoms with E-state index in [0.717, 1.165) is 58.2 Å². The van der Waals surface area contributed by atoms with Crippen LogP contribution in [-0.4, -0.2) is 35.6 Å². The SMILES string of the molecule is CCCCC(C(=O)O)C1CCN(CCc2ccccc2)CC1. The zero-order chi connectivity index (χ0) is 15.8. The zero-order valence-corrected chi connectivity index (χ0v) is 13.7. The highest BCUT2D eigenvalue weighted by atomic mass is 16.4. The van der Waals surface area contributed by atoms with E-state index in [0.29, 0.717) is 5.92 Å². The summed E-state index contributed by atoms with van der Waals surface area (Å²) in [6.45, 7) is 5.31. The quantitative estimate of drug-likeness (QED) is 0.793. The molecule has 1 aromatic carbocycles. The van der Waals surface area contributed by atoms with Gasteiger partial charge < -0.3 is 10.0 Å². The number of nitrogens with zero attached hydrogens (tertiary/aromatic N) is 1. The molecule has 1 aliphatic heterocycles. The first kappa shape index (κ1) is 17.0. The summed E-state index contributed by atoms with van der Waals surface area (Å²) in [6.07, 6.45) is 6.13. The smallest absolute Gasteiger partial charge is 0.306 e. The van der Waals surface area contributed by atoms with Crippen LogP contribution in [-0.2, 0) is 11.2 Å². The van der Waals surface area contributed by atoms with Gasteiger partial charge in [0.2, 0.25) is 0 Å². The van der Waals surface area contributed by atoms with Crippen LogP contribution < -0.4 is 0 Å². The number of hydrogen-bond donors (Lipinski definition) is 1. The number of rotatable bonds is 8. The number of benzene rings is 1. The van der Waals surface area contributed by atoms with Crippen LogP contribution in [0.15, 0.2) is 30.3 Å². The number of unbranched alkanes of at least 4 members (excludes halogenated alkanes) is 1. The molecule has 1 unspecified atom stereocenters. The fourth-order valence-electron chi connectivity index (χ4n) is 3.50. The van der Waals surface area contributed by atoms with Gasteiger partial charge in [0, 0.05) is 6.54 Å². The molecule has 0 bridgehead atoms. The summed E-state index contributed by atoms with van der Waals surface area (Å²) >= 11 is 0. The number of carboxylic acids is 1. The molecule has 2 rings (SSSR count). The first-order chi connectivity index (χ1) is 10.7. The molecule has 0 saturated carbocycles. The molecular formula is C19H29NO2. The van der Waals surface area contributed by atoms with Gasteiger partial charge in [0.05, 0.1) is 5.92 Å². The molecule has 22 heavy (non-hydrogen) atoms. The van der Waals surface area contributed by atoms with Crippen LogP contribution in [0.1, 0.15) is 44.6 Å². The number of carbonyl (C=O) groups is 1. The molecule has 0 spiro atoms. The summed E-state index contributed by atoms with van der Waals surface area (Å²) in [4.78, 5) is 14.0. The third kappa shape index (κ3) is 5.13. The predicted molar refractivity (Wildman–Crippen MR) is 90.0 cm³/mol. The van der Waals surface area contributed by atoms with Crippen LogP contribution >= 0.6 is 0 Å². The summed E-state index contributed by atoms with van der Waals surface area (Å²) in [5, 5.41) is 9.46. The number of piperidine rings is 1. The Balaban J connectivity index is 1.75. The molecule has 0 aromatic heterocycles. The van der Waals surface area contributed by atoms with E-state index < -0.39 is 5.97 Å². The highest BCUT2D eigenvalue weighted by Crippen LogP contribution is 2.29. The van der Waals surface area contributed by atoms with Crippen molar-refractivity contribution in [3.8, 4) is 0 Å². The molecule has 1 atom stereocenters. The summed E-state index contributed by atoms with van der Waals surface area (Å²) in [5.74, 6) is -0.343. The number of aliphatic carboxylic acids is 1. The second kappa shape index (κ2) is 8.94. The minimum absolute atomic E-state index is 0.128. The van der Waals surface area contributed by atoms with Crippen molar-refractivity contribution in [2.24, 2.45) is 11.8 Å². The Morgan fingerprint density at radius 1 is 1.27 bits per heavy atom. The molecule has 1 saturated heterocycles. The van der Waals surface area contributed by atoms with Crippen LogP contribution in [0.5, 0.6) is 0 Å². The van der Waals surface area contributed by atoms with Crippen molar-refractivity contribution in [1.29, 1.82) is 0 Å². The van der Waals surface area contributed by atoms with E-state index in [9.17, 15) is 9.90 Å². The standard InChI is InChI=1S/C19H29NO2/c1-2-3-9-18(19(21)22)17-11-14-20(15-12-17)13-10-16-7-5-4-6-8-16/h4-8,17-18H,2-3,9-15H2,1H3,(H,21,22). The Kier molecular flexibility index (Phi) is 6.91. The average Bonchev–Trinajstić information content (AvgIpc) is 2.55. The van der Waals surface area contributed by atoms with E-state index in [4.69, 9.17) is 0 Å². The van der Waals surface area contributed by atoms with Gasteiger partial charge in [-0.3, -0.25) is 4.79 Å². The Hall–Kier alpha value is -1.35. The molecule has 122 valence electrons. The average molecular weight is 303 g/mol. The van der Waals surface area contributed by atoms with E-state index in [-0.39, 0.29) is 5.92 Å². The van der Waals surface area contributed by atoms with Gasteiger partial charge >= 0.3 is 5.97 Å². The van der Waals surface area contributed by atoms with Crippen LogP contribution in [0.2, 0.25) is 0 Å². The third-order valence-corrected chi connectivity index (χ3v) is 4.95. The van der Waals surface area contributed by atoms with Crippen molar-refractivity contribution < 1.29 is 9.90 Å². The largest absolute Gasteiger partial charge is 0.481 e. The van der Waals surface area contributed by atoms with Crippen molar-refractivity contribution in [3.05, 3.63) is 35.9 Å². The van der Waals surface area contributed by atoms with Gasteiger partial charge in [0.25, 0.3) is 0 Å². The number of likely N-dealkylation sites (tertiary alicyclic amines) is 1. The predicted octanol–water partition coefficient (Wildman–Crippen LogP) is 3.83. The van der Waals surface area contributed by atoms with E-state index in [1.807, 2.05) is 0 Å². The minimum atomic E-state index is -0.587. The maximum atomic E-state index is 11.5. The highest BCUT2D eigenvalue weighted by Gasteiger charge is 2.30. The van der Waals surface area contributed by atoms with E-state index in [1.165, 1.54) is 5.56 Å². The Morgan fingerprint density at radius 3 is 2.55 bits per heavy atom. The summed E-state index contributed by atoms with van der Waals surface area (Å²) < 4.78 is 0. The topological polar surface area (TPSA) is 40.5 Å². The lowest BCUT2D eigenvalue weighted by Gasteiger charge is -2.34. The maximum absolute atomic E-state index is 11.5. The van der Waals surface area contributed by atoms with Gasteiger partial charge in [0.1, 0.15) is 0 Å². The molecule has 3 heteroatoms. The van der Waals surface area contributed by atoms with Gasteiger partial charge in [-0.2, -0.15) is 0 Å². The Morgan fingerprint density at radius 2 is 1.95 bits per heavy atom. The normalized spacial score (nSPS) is 18.2. The molecule has 1 aromatic rings. The molecule has 1 heterocycles. The number of carboxylic acid groups (broad SMARTS) is 1. The van der Waals surface area contributed by atoms with Gasteiger partial charge in [-0.25, -0.2) is 0 Å². The van der Waals surface area contributed by atoms with Crippen LogP contribution in [0.3, 0.4) is 0 Å². The van der Waals surface area contributed by atoms with Gasteiger partial charge in [0.15, 0.2) is 0 Å². The lowest BCUT2D eigenvalue weighted by Crippen LogP contribution is -2.39. The third-order valence-electron chi connectivity index (χ3n) is 4.95. The second-order valence-electron chi connectivity index (χ2n) is 6.50. The van der Waals surface area contributed by atoms with Crippen molar-refractivity contribution in [1.82, 2.24) is 4.90 Å². The molecule has 0 aliphatic carbocycles. The monoisotopic (exact) mass is 303 g/mol. The lowest BCUT2D eigenvalue weighted by molar-refractivity contribution is -0.144. The van der Waals surface area contributed by atoms with E-state index in [1.54, 1.807) is 0 Å².